The van der Waals surface area contributed by atoms with E-state index in [1.807, 2.05) is 41.1 Å². The van der Waals surface area contributed by atoms with Crippen LogP contribution < -0.4 is 0 Å². The average molecular weight is 398 g/mol. The molecule has 5 nitrogen and oxygen atoms in total. The molecular weight excluding hydrogens is 385 g/mol. The molecule has 0 N–H and O–H groups in total. The Morgan fingerprint density at radius 3 is 2.44 bits per heavy atom. The standard InChI is InChI=1S/C20H13Cl2N3O2/c21-17-8-6-13(10-18(17)22)12-24-19-9-7-15(25(26)27)11-16(19)20(23-24)14-4-2-1-3-5-14/h1-11H,12H2. The summed E-state index contributed by atoms with van der Waals surface area (Å²) in [6.45, 7) is 0.470. The Hall–Kier alpha value is -2.89. The van der Waals surface area contributed by atoms with Gasteiger partial charge in [-0.15, -0.1) is 0 Å². The maximum atomic E-state index is 11.2. The van der Waals surface area contributed by atoms with Gasteiger partial charge in [0.2, 0.25) is 0 Å². The molecule has 0 aliphatic rings. The van der Waals surface area contributed by atoms with Gasteiger partial charge in [-0.25, -0.2) is 0 Å². The highest BCUT2D eigenvalue weighted by molar-refractivity contribution is 6.42. The highest BCUT2D eigenvalue weighted by atomic mass is 35.5. The van der Waals surface area contributed by atoms with E-state index in [1.165, 1.54) is 6.07 Å². The molecule has 27 heavy (non-hydrogen) atoms. The largest absolute Gasteiger partial charge is 0.270 e. The molecule has 7 heteroatoms. The molecule has 1 aromatic heterocycles. The molecule has 0 aliphatic carbocycles. The zero-order chi connectivity index (χ0) is 19.0. The molecule has 3 aromatic carbocycles. The Morgan fingerprint density at radius 2 is 1.74 bits per heavy atom. The van der Waals surface area contributed by atoms with Gasteiger partial charge in [-0.2, -0.15) is 5.10 Å². The zero-order valence-electron chi connectivity index (χ0n) is 14.0. The van der Waals surface area contributed by atoms with Crippen LogP contribution in [0, 0.1) is 10.1 Å². The molecule has 0 spiro atoms. The smallest absolute Gasteiger partial charge is 0.260 e. The molecule has 0 aliphatic heterocycles. The van der Waals surface area contributed by atoms with Crippen molar-refractivity contribution < 1.29 is 4.92 Å². The number of nitrogens with zero attached hydrogens (tertiary/aromatic N) is 3. The SMILES string of the molecule is O=[N+]([O-])c1ccc2c(c1)c(-c1ccccc1)nn2Cc1ccc(Cl)c(Cl)c1. The van der Waals surface area contributed by atoms with Crippen LogP contribution in [0.1, 0.15) is 5.56 Å². The summed E-state index contributed by atoms with van der Waals surface area (Å²) in [5, 5.41) is 17.6. The number of hydrogen-bond donors (Lipinski definition) is 0. The van der Waals surface area contributed by atoms with E-state index in [4.69, 9.17) is 28.3 Å². The first-order valence-corrected chi connectivity index (χ1v) is 8.93. The minimum Gasteiger partial charge on any atom is -0.260 e. The average Bonchev–Trinajstić information content (AvgIpc) is 3.03. The van der Waals surface area contributed by atoms with Crippen molar-refractivity contribution in [2.75, 3.05) is 0 Å². The third-order valence-electron chi connectivity index (χ3n) is 4.31. The fourth-order valence-electron chi connectivity index (χ4n) is 3.02. The highest BCUT2D eigenvalue weighted by Crippen LogP contribution is 2.31. The maximum absolute atomic E-state index is 11.2. The van der Waals surface area contributed by atoms with Crippen LogP contribution in [0.3, 0.4) is 0 Å². The zero-order valence-corrected chi connectivity index (χ0v) is 15.5. The number of aromatic nitrogens is 2. The van der Waals surface area contributed by atoms with Crippen LogP contribution in [0.25, 0.3) is 22.2 Å². The van der Waals surface area contributed by atoms with Gasteiger partial charge >= 0.3 is 0 Å². The van der Waals surface area contributed by atoms with Crippen LogP contribution in [0.5, 0.6) is 0 Å². The van der Waals surface area contributed by atoms with Gasteiger partial charge in [-0.05, 0) is 23.8 Å². The summed E-state index contributed by atoms with van der Waals surface area (Å²) < 4.78 is 1.82. The Balaban J connectivity index is 1.88. The first-order chi connectivity index (χ1) is 13.0. The number of rotatable bonds is 4. The van der Waals surface area contributed by atoms with Crippen molar-refractivity contribution in [1.29, 1.82) is 0 Å². The lowest BCUT2D eigenvalue weighted by Gasteiger charge is -2.05. The number of fused-ring (bicyclic) bond motifs is 1. The topological polar surface area (TPSA) is 61.0 Å². The van der Waals surface area contributed by atoms with E-state index in [0.717, 1.165) is 22.0 Å². The fourth-order valence-corrected chi connectivity index (χ4v) is 3.34. The lowest BCUT2D eigenvalue weighted by Crippen LogP contribution is -2.02. The van der Waals surface area contributed by atoms with E-state index in [1.54, 1.807) is 24.3 Å². The Morgan fingerprint density at radius 1 is 0.963 bits per heavy atom. The maximum Gasteiger partial charge on any atom is 0.270 e. The summed E-state index contributed by atoms with van der Waals surface area (Å²) in [6, 6.07) is 19.8. The van der Waals surface area contributed by atoms with Crippen molar-refractivity contribution in [2.24, 2.45) is 0 Å². The van der Waals surface area contributed by atoms with Crippen molar-refractivity contribution in [3.63, 3.8) is 0 Å². The summed E-state index contributed by atoms with van der Waals surface area (Å²) in [5.41, 5.74) is 3.39. The van der Waals surface area contributed by atoms with Crippen LogP contribution in [-0.4, -0.2) is 14.7 Å². The molecule has 134 valence electrons. The van der Waals surface area contributed by atoms with E-state index in [2.05, 4.69) is 0 Å². The van der Waals surface area contributed by atoms with Gasteiger partial charge in [0.05, 0.1) is 27.0 Å². The molecule has 0 atom stereocenters. The predicted octanol–water partition coefficient (Wildman–Crippen LogP) is 5.97. The van der Waals surface area contributed by atoms with E-state index < -0.39 is 4.92 Å². The van der Waals surface area contributed by atoms with Crippen LogP contribution in [0.15, 0.2) is 66.7 Å². The summed E-state index contributed by atoms with van der Waals surface area (Å²) >= 11 is 12.1. The molecule has 4 aromatic rings. The lowest BCUT2D eigenvalue weighted by molar-refractivity contribution is -0.384. The van der Waals surface area contributed by atoms with E-state index in [9.17, 15) is 10.1 Å². The van der Waals surface area contributed by atoms with Crippen LogP contribution in [0.2, 0.25) is 10.0 Å². The van der Waals surface area contributed by atoms with Gasteiger partial charge in [0, 0.05) is 23.1 Å². The molecule has 0 saturated carbocycles. The van der Waals surface area contributed by atoms with Crippen molar-refractivity contribution in [3.8, 4) is 11.3 Å². The van der Waals surface area contributed by atoms with Gasteiger partial charge in [-0.1, -0.05) is 59.6 Å². The van der Waals surface area contributed by atoms with Crippen molar-refractivity contribution in [1.82, 2.24) is 9.78 Å². The van der Waals surface area contributed by atoms with Gasteiger partial charge in [0.1, 0.15) is 5.69 Å². The number of benzene rings is 3. The van der Waals surface area contributed by atoms with E-state index in [0.29, 0.717) is 22.3 Å². The monoisotopic (exact) mass is 397 g/mol. The molecule has 1 heterocycles. The second-order valence-corrected chi connectivity index (χ2v) is 6.89. The first kappa shape index (κ1) is 17.5. The van der Waals surface area contributed by atoms with Crippen molar-refractivity contribution in [3.05, 3.63) is 92.5 Å². The van der Waals surface area contributed by atoms with Gasteiger partial charge < -0.3 is 0 Å². The number of non-ortho nitro benzene ring substituents is 1. The molecule has 0 unspecified atom stereocenters. The number of hydrogen-bond acceptors (Lipinski definition) is 3. The van der Waals surface area contributed by atoms with Crippen LogP contribution >= 0.6 is 23.2 Å². The van der Waals surface area contributed by atoms with E-state index in [-0.39, 0.29) is 5.69 Å². The van der Waals surface area contributed by atoms with Crippen molar-refractivity contribution >= 4 is 39.8 Å². The van der Waals surface area contributed by atoms with Crippen molar-refractivity contribution in [2.45, 2.75) is 6.54 Å². The highest BCUT2D eigenvalue weighted by Gasteiger charge is 2.16. The summed E-state index contributed by atoms with van der Waals surface area (Å²) in [7, 11) is 0. The molecule has 0 bridgehead atoms. The predicted molar refractivity (Wildman–Crippen MR) is 107 cm³/mol. The first-order valence-electron chi connectivity index (χ1n) is 8.17. The molecule has 0 saturated heterocycles. The van der Waals surface area contributed by atoms with Gasteiger partial charge in [0.15, 0.2) is 0 Å². The lowest BCUT2D eigenvalue weighted by atomic mass is 10.1. The quantitative estimate of drug-likeness (QED) is 0.314. The van der Waals surface area contributed by atoms with Crippen LogP contribution in [-0.2, 0) is 6.54 Å². The third kappa shape index (κ3) is 3.39. The Bertz CT molecular complexity index is 1160. The number of halogens is 2. The molecule has 4 rings (SSSR count). The molecular formula is C20H13Cl2N3O2. The third-order valence-corrected chi connectivity index (χ3v) is 5.05. The number of nitro benzene ring substituents is 1. The normalized spacial score (nSPS) is 11.0. The summed E-state index contributed by atoms with van der Waals surface area (Å²) in [4.78, 5) is 10.8. The molecule has 0 radical (unpaired) electrons. The molecule has 0 fully saturated rings. The van der Waals surface area contributed by atoms with E-state index >= 15 is 0 Å². The second-order valence-electron chi connectivity index (χ2n) is 6.08. The Labute approximate surface area is 164 Å². The number of nitro groups is 1. The van der Waals surface area contributed by atoms with Gasteiger partial charge in [-0.3, -0.25) is 14.8 Å². The fraction of sp³-hybridized carbons (Fsp3) is 0.0500. The second kappa shape index (κ2) is 7.02. The van der Waals surface area contributed by atoms with Gasteiger partial charge in [0.25, 0.3) is 5.69 Å². The molecule has 0 amide bonds. The summed E-state index contributed by atoms with van der Waals surface area (Å²) in [5.74, 6) is 0. The minimum absolute atomic E-state index is 0.0359. The summed E-state index contributed by atoms with van der Waals surface area (Å²) in [6.07, 6.45) is 0. The minimum atomic E-state index is -0.398. The Kier molecular flexibility index (Phi) is 4.56. The van der Waals surface area contributed by atoms with Crippen LogP contribution in [0.4, 0.5) is 5.69 Å².